The number of fused-ring (bicyclic) bond motifs is 7. The Balaban J connectivity index is 1.62. The number of amides is 1. The van der Waals surface area contributed by atoms with Crippen molar-refractivity contribution >= 4 is 22.9 Å². The molecule has 1 aromatic carbocycles. The van der Waals surface area contributed by atoms with Gasteiger partial charge in [0, 0.05) is 30.9 Å². The Kier molecular flexibility index (Phi) is 5.32. The van der Waals surface area contributed by atoms with E-state index in [2.05, 4.69) is 27.3 Å². The first-order valence-corrected chi connectivity index (χ1v) is 11.0. The van der Waals surface area contributed by atoms with E-state index in [4.69, 9.17) is 4.74 Å². The van der Waals surface area contributed by atoms with Crippen molar-refractivity contribution < 1.29 is 13.9 Å². The molecule has 9 heteroatoms. The van der Waals surface area contributed by atoms with Gasteiger partial charge in [-0.25, -0.2) is 14.1 Å². The van der Waals surface area contributed by atoms with Crippen molar-refractivity contribution in [2.45, 2.75) is 33.2 Å². The monoisotopic (exact) mass is 448 g/mol. The maximum Gasteiger partial charge on any atom is 0.258 e. The molecule has 4 aromatic rings. The molecule has 8 nitrogen and oxygen atoms in total. The number of nitrogens with one attached hydrogen (secondary N) is 1. The number of nitrogens with zero attached hydrogens (tertiary/aromatic N) is 5. The van der Waals surface area contributed by atoms with Crippen LogP contribution in [0.3, 0.4) is 0 Å². The van der Waals surface area contributed by atoms with Crippen LogP contribution in [0.15, 0.2) is 36.5 Å². The fourth-order valence-electron chi connectivity index (χ4n) is 4.27. The van der Waals surface area contributed by atoms with E-state index in [-0.39, 0.29) is 17.6 Å². The molecule has 4 heterocycles. The Bertz CT molecular complexity index is 1360. The van der Waals surface area contributed by atoms with E-state index >= 15 is 0 Å². The number of ether oxygens (including phenoxy) is 1. The molecule has 33 heavy (non-hydrogen) atoms. The number of aromatic nitrogens is 5. The molecule has 0 aliphatic carbocycles. The van der Waals surface area contributed by atoms with Gasteiger partial charge in [-0.2, -0.15) is 5.10 Å². The molecule has 0 saturated heterocycles. The second kappa shape index (κ2) is 8.31. The number of carbonyl (C=O) groups excluding carboxylic acids is 1. The summed E-state index contributed by atoms with van der Waals surface area (Å²) < 4.78 is 23.5. The van der Waals surface area contributed by atoms with E-state index < -0.39 is 0 Å². The summed E-state index contributed by atoms with van der Waals surface area (Å²) in [6.45, 7) is 5.15. The average Bonchev–Trinajstić information content (AvgIpc) is 3.29. The predicted octanol–water partition coefficient (Wildman–Crippen LogP) is 4.34. The van der Waals surface area contributed by atoms with E-state index in [1.165, 1.54) is 12.1 Å². The quantitative estimate of drug-likeness (QED) is 0.432. The fraction of sp³-hybridized carbons (Fsp3) is 0.333. The van der Waals surface area contributed by atoms with Gasteiger partial charge in [0.2, 0.25) is 11.8 Å². The smallest absolute Gasteiger partial charge is 0.258 e. The molecule has 1 aliphatic rings. The summed E-state index contributed by atoms with van der Waals surface area (Å²) in [5.74, 6) is 0.638. The minimum absolute atomic E-state index is 0.285. The number of benzene rings is 1. The molecule has 1 amide bonds. The number of hydrogen-bond donors (Lipinski definition) is 1. The maximum atomic E-state index is 13.8. The Morgan fingerprint density at radius 3 is 2.91 bits per heavy atom. The van der Waals surface area contributed by atoms with Gasteiger partial charge in [-0.1, -0.05) is 6.92 Å². The highest BCUT2D eigenvalue weighted by Crippen LogP contribution is 2.30. The van der Waals surface area contributed by atoms with Gasteiger partial charge in [0.15, 0.2) is 0 Å². The van der Waals surface area contributed by atoms with E-state index in [9.17, 15) is 9.18 Å². The van der Waals surface area contributed by atoms with Crippen LogP contribution in [0.4, 0.5) is 10.3 Å². The lowest BCUT2D eigenvalue weighted by Crippen LogP contribution is -2.18. The first-order chi connectivity index (χ1) is 15.9. The number of imidazole rings is 1. The molecule has 2 bridgehead atoms. The van der Waals surface area contributed by atoms with Gasteiger partial charge in [-0.05, 0) is 49.9 Å². The lowest BCUT2D eigenvalue weighted by molar-refractivity contribution is 0.102. The highest BCUT2D eigenvalue weighted by Gasteiger charge is 2.20. The highest BCUT2D eigenvalue weighted by molar-refractivity contribution is 6.04. The van der Waals surface area contributed by atoms with Crippen LogP contribution in [0.2, 0.25) is 0 Å². The summed E-state index contributed by atoms with van der Waals surface area (Å²) in [6.07, 6.45) is 3.46. The number of hydrogen-bond acceptors (Lipinski definition) is 5. The lowest BCUT2D eigenvalue weighted by Gasteiger charge is -2.16. The standard InChI is InChI=1S/C24H25FN6O2/c1-14-5-4-8-33-23-18(12-26-30(23)3)19-10-16(9-15(2)27-19)22(32)29-24-28-20-11-17(25)6-7-21(20)31(24)13-14/h6-7,9-12,14H,4-5,8,13H2,1-3H3,(H,28,29,32)/t14-/m1/s1. The van der Waals surface area contributed by atoms with Crippen LogP contribution >= 0.6 is 0 Å². The molecule has 0 saturated carbocycles. The van der Waals surface area contributed by atoms with Crippen molar-refractivity contribution in [1.82, 2.24) is 24.3 Å². The second-order valence-electron chi connectivity index (χ2n) is 8.60. The number of anilines is 1. The molecule has 3 aromatic heterocycles. The largest absolute Gasteiger partial charge is 0.477 e. The first-order valence-electron chi connectivity index (χ1n) is 11.0. The fourth-order valence-corrected chi connectivity index (χ4v) is 4.27. The lowest BCUT2D eigenvalue weighted by atomic mass is 10.1. The van der Waals surface area contributed by atoms with E-state index in [1.54, 1.807) is 29.1 Å². The molecule has 0 unspecified atom stereocenters. The molecule has 0 fully saturated rings. The third kappa shape index (κ3) is 4.06. The van der Waals surface area contributed by atoms with Crippen molar-refractivity contribution in [2.24, 2.45) is 13.0 Å². The number of halogens is 1. The van der Waals surface area contributed by atoms with Crippen LogP contribution in [0, 0.1) is 18.7 Å². The Labute approximate surface area is 190 Å². The summed E-state index contributed by atoms with van der Waals surface area (Å²) in [4.78, 5) is 22.4. The summed E-state index contributed by atoms with van der Waals surface area (Å²) in [5, 5.41) is 7.26. The number of carbonyl (C=O) groups is 1. The maximum absolute atomic E-state index is 13.8. The van der Waals surface area contributed by atoms with Gasteiger partial charge in [-0.3, -0.25) is 15.1 Å². The highest BCUT2D eigenvalue weighted by atomic mass is 19.1. The third-order valence-corrected chi connectivity index (χ3v) is 5.89. The predicted molar refractivity (Wildman–Crippen MR) is 123 cm³/mol. The van der Waals surface area contributed by atoms with Gasteiger partial charge >= 0.3 is 0 Å². The zero-order valence-electron chi connectivity index (χ0n) is 18.8. The molecular formula is C24H25FN6O2. The van der Waals surface area contributed by atoms with Crippen LogP contribution in [-0.4, -0.2) is 36.8 Å². The van der Waals surface area contributed by atoms with Crippen molar-refractivity contribution in [3.8, 4) is 17.1 Å². The summed E-state index contributed by atoms with van der Waals surface area (Å²) in [5.41, 5.74) is 3.78. The van der Waals surface area contributed by atoms with Gasteiger partial charge in [0.1, 0.15) is 5.82 Å². The van der Waals surface area contributed by atoms with Crippen LogP contribution in [0.25, 0.3) is 22.3 Å². The second-order valence-corrected chi connectivity index (χ2v) is 8.60. The Morgan fingerprint density at radius 1 is 1.21 bits per heavy atom. The molecule has 1 aliphatic heterocycles. The molecule has 5 rings (SSSR count). The Hall–Kier alpha value is -3.75. The zero-order chi connectivity index (χ0) is 23.1. The molecular weight excluding hydrogens is 423 g/mol. The van der Waals surface area contributed by atoms with Crippen molar-refractivity contribution in [3.63, 3.8) is 0 Å². The van der Waals surface area contributed by atoms with Crippen LogP contribution in [-0.2, 0) is 13.6 Å². The minimum Gasteiger partial charge on any atom is -0.477 e. The molecule has 170 valence electrons. The van der Waals surface area contributed by atoms with E-state index in [1.807, 2.05) is 18.5 Å². The van der Waals surface area contributed by atoms with Crippen molar-refractivity contribution in [2.75, 3.05) is 11.9 Å². The third-order valence-electron chi connectivity index (χ3n) is 5.89. The molecule has 0 spiro atoms. The number of rotatable bonds is 0. The van der Waals surface area contributed by atoms with Gasteiger partial charge < -0.3 is 9.30 Å². The molecule has 0 radical (unpaired) electrons. The van der Waals surface area contributed by atoms with Crippen LogP contribution in [0.5, 0.6) is 5.88 Å². The summed E-state index contributed by atoms with van der Waals surface area (Å²) in [7, 11) is 1.83. The van der Waals surface area contributed by atoms with Crippen molar-refractivity contribution in [1.29, 1.82) is 0 Å². The molecule has 1 N–H and O–H groups in total. The minimum atomic E-state index is -0.362. The topological polar surface area (TPSA) is 86.9 Å². The summed E-state index contributed by atoms with van der Waals surface area (Å²) in [6, 6.07) is 7.95. The van der Waals surface area contributed by atoms with E-state index in [0.29, 0.717) is 47.4 Å². The molecule has 1 atom stereocenters. The first kappa shape index (κ1) is 21.1. The van der Waals surface area contributed by atoms with Gasteiger partial charge in [0.05, 0.1) is 35.1 Å². The average molecular weight is 449 g/mol. The van der Waals surface area contributed by atoms with Gasteiger partial charge in [-0.15, -0.1) is 0 Å². The van der Waals surface area contributed by atoms with E-state index in [0.717, 1.165) is 23.9 Å². The summed E-state index contributed by atoms with van der Waals surface area (Å²) >= 11 is 0. The van der Waals surface area contributed by atoms with Crippen LogP contribution < -0.4 is 10.1 Å². The SMILES string of the molecule is Cc1cc2cc(n1)-c1cnn(C)c1OCCC[C@@H](C)Cn1c(nc3cc(F)ccc31)NC2=O. The van der Waals surface area contributed by atoms with Gasteiger partial charge in [0.25, 0.3) is 5.91 Å². The number of aryl methyl sites for hydroxylation is 2. The number of pyridine rings is 1. The van der Waals surface area contributed by atoms with Crippen LogP contribution in [0.1, 0.15) is 35.8 Å². The zero-order valence-corrected chi connectivity index (χ0v) is 18.8. The van der Waals surface area contributed by atoms with Crippen molar-refractivity contribution in [3.05, 3.63) is 53.6 Å². The normalized spacial score (nSPS) is 16.8. The Morgan fingerprint density at radius 2 is 2.06 bits per heavy atom.